The minimum atomic E-state index is 0.192. The minimum Gasteiger partial charge on any atom is -0.376 e. The van der Waals surface area contributed by atoms with Gasteiger partial charge in [-0.2, -0.15) is 0 Å². The zero-order valence-corrected chi connectivity index (χ0v) is 9.37. The fourth-order valence-electron chi connectivity index (χ4n) is 0.941. The molecule has 74 valence electrons. The average molecular weight is 217 g/mol. The summed E-state index contributed by atoms with van der Waals surface area (Å²) in [4.78, 5) is 0. The van der Waals surface area contributed by atoms with Crippen LogP contribution in [0.5, 0.6) is 0 Å². The molecule has 0 spiro atoms. The number of nitrogens with two attached hydrogens (primary N) is 1. The Kier molecular flexibility index (Phi) is 5.46. The van der Waals surface area contributed by atoms with Gasteiger partial charge in [0, 0.05) is 18.9 Å². The van der Waals surface area contributed by atoms with E-state index in [9.17, 15) is 0 Å². The van der Waals surface area contributed by atoms with Gasteiger partial charge in [0.15, 0.2) is 0 Å². The van der Waals surface area contributed by atoms with Crippen LogP contribution < -0.4 is 5.73 Å². The maximum Gasteiger partial charge on any atom is 0.0791 e. The fourth-order valence-corrected chi connectivity index (χ4v) is 2.79. The molecule has 1 heterocycles. The second-order valence-electron chi connectivity index (χ2n) is 2.56. The number of thiophene rings is 1. The van der Waals surface area contributed by atoms with Crippen LogP contribution in [0.1, 0.15) is 6.92 Å². The van der Waals surface area contributed by atoms with Crippen molar-refractivity contribution in [3.05, 3.63) is 17.5 Å². The van der Waals surface area contributed by atoms with Gasteiger partial charge in [0.2, 0.25) is 0 Å². The standard InChI is InChI=1S/C9H15NOS2/c1-2-11-8(6-10)7-13-9-4-3-5-12-9/h3-5,8H,2,6-7,10H2,1H3. The highest BCUT2D eigenvalue weighted by atomic mass is 32.2. The summed E-state index contributed by atoms with van der Waals surface area (Å²) < 4.78 is 6.78. The smallest absolute Gasteiger partial charge is 0.0791 e. The van der Waals surface area contributed by atoms with E-state index in [0.29, 0.717) is 6.54 Å². The maximum absolute atomic E-state index is 5.56. The molecule has 13 heavy (non-hydrogen) atoms. The van der Waals surface area contributed by atoms with E-state index in [1.165, 1.54) is 4.21 Å². The van der Waals surface area contributed by atoms with Crippen LogP contribution in [0.4, 0.5) is 0 Å². The third-order valence-corrected chi connectivity index (χ3v) is 3.83. The summed E-state index contributed by atoms with van der Waals surface area (Å²) in [5, 5.41) is 2.08. The van der Waals surface area contributed by atoms with Crippen molar-refractivity contribution in [2.24, 2.45) is 5.73 Å². The highest BCUT2D eigenvalue weighted by Crippen LogP contribution is 2.24. The van der Waals surface area contributed by atoms with Crippen molar-refractivity contribution < 1.29 is 4.74 Å². The molecule has 1 unspecified atom stereocenters. The number of hydrogen-bond donors (Lipinski definition) is 1. The molecule has 0 aliphatic heterocycles. The van der Waals surface area contributed by atoms with Crippen LogP contribution in [-0.2, 0) is 4.74 Å². The first kappa shape index (κ1) is 11.0. The van der Waals surface area contributed by atoms with Gasteiger partial charge in [-0.1, -0.05) is 6.07 Å². The predicted octanol–water partition coefficient (Wildman–Crippen LogP) is 2.20. The average Bonchev–Trinajstić information content (AvgIpc) is 2.64. The molecular formula is C9H15NOS2. The number of thioether (sulfide) groups is 1. The molecule has 2 nitrogen and oxygen atoms in total. The molecule has 0 aromatic carbocycles. The Balaban J connectivity index is 2.23. The lowest BCUT2D eigenvalue weighted by Gasteiger charge is -2.13. The molecule has 4 heteroatoms. The molecule has 0 bridgehead atoms. The van der Waals surface area contributed by atoms with Gasteiger partial charge in [-0.25, -0.2) is 0 Å². The van der Waals surface area contributed by atoms with Crippen molar-refractivity contribution in [3.8, 4) is 0 Å². The Morgan fingerprint density at radius 3 is 3.08 bits per heavy atom. The largest absolute Gasteiger partial charge is 0.376 e. The molecule has 1 rings (SSSR count). The highest BCUT2D eigenvalue weighted by molar-refractivity contribution is 8.01. The van der Waals surface area contributed by atoms with Gasteiger partial charge < -0.3 is 10.5 Å². The zero-order chi connectivity index (χ0) is 9.52. The predicted molar refractivity (Wildman–Crippen MR) is 59.5 cm³/mol. The van der Waals surface area contributed by atoms with E-state index in [0.717, 1.165) is 12.4 Å². The minimum absolute atomic E-state index is 0.192. The Morgan fingerprint density at radius 1 is 1.69 bits per heavy atom. The Bertz CT molecular complexity index is 213. The molecular weight excluding hydrogens is 202 g/mol. The maximum atomic E-state index is 5.56. The summed E-state index contributed by atoms with van der Waals surface area (Å²) in [6.07, 6.45) is 0.192. The summed E-state index contributed by atoms with van der Waals surface area (Å²) >= 11 is 3.57. The Hall–Kier alpha value is -0.0300. The van der Waals surface area contributed by atoms with Crippen LogP contribution >= 0.6 is 23.1 Å². The lowest BCUT2D eigenvalue weighted by molar-refractivity contribution is 0.0859. The second kappa shape index (κ2) is 6.43. The summed E-state index contributed by atoms with van der Waals surface area (Å²) in [6.45, 7) is 3.34. The number of rotatable bonds is 6. The van der Waals surface area contributed by atoms with Crippen molar-refractivity contribution in [1.29, 1.82) is 0 Å². The summed E-state index contributed by atoms with van der Waals surface area (Å²) in [5.74, 6) is 0.949. The lowest BCUT2D eigenvalue weighted by Crippen LogP contribution is -2.26. The molecule has 0 fully saturated rings. The van der Waals surface area contributed by atoms with Gasteiger partial charge in [0.1, 0.15) is 0 Å². The fraction of sp³-hybridized carbons (Fsp3) is 0.556. The molecule has 0 amide bonds. The van der Waals surface area contributed by atoms with Crippen molar-refractivity contribution >= 4 is 23.1 Å². The third kappa shape index (κ3) is 4.13. The first-order valence-corrected chi connectivity index (χ1v) is 6.21. The quantitative estimate of drug-likeness (QED) is 0.742. The number of ether oxygens (including phenoxy) is 1. The molecule has 0 saturated carbocycles. The molecule has 1 aromatic rings. The monoisotopic (exact) mass is 217 g/mol. The van der Waals surface area contributed by atoms with Gasteiger partial charge in [-0.05, 0) is 18.4 Å². The van der Waals surface area contributed by atoms with E-state index in [2.05, 4.69) is 17.5 Å². The molecule has 1 aromatic heterocycles. The van der Waals surface area contributed by atoms with Crippen molar-refractivity contribution in [2.45, 2.75) is 17.2 Å². The molecule has 2 N–H and O–H groups in total. The van der Waals surface area contributed by atoms with Gasteiger partial charge in [-0.15, -0.1) is 23.1 Å². The zero-order valence-electron chi connectivity index (χ0n) is 7.73. The summed E-state index contributed by atoms with van der Waals surface area (Å²) in [5.41, 5.74) is 5.56. The van der Waals surface area contributed by atoms with Crippen molar-refractivity contribution in [1.82, 2.24) is 0 Å². The van der Waals surface area contributed by atoms with Crippen LogP contribution in [-0.4, -0.2) is 25.0 Å². The Labute approximate surface area is 87.5 Å². The first-order valence-electron chi connectivity index (χ1n) is 4.34. The first-order chi connectivity index (χ1) is 6.36. The van der Waals surface area contributed by atoms with Crippen molar-refractivity contribution in [2.75, 3.05) is 18.9 Å². The summed E-state index contributed by atoms with van der Waals surface area (Å²) in [7, 11) is 0. The van der Waals surface area contributed by atoms with E-state index in [1.807, 2.05) is 18.7 Å². The van der Waals surface area contributed by atoms with E-state index in [4.69, 9.17) is 10.5 Å². The van der Waals surface area contributed by atoms with E-state index < -0.39 is 0 Å². The molecule has 0 saturated heterocycles. The highest BCUT2D eigenvalue weighted by Gasteiger charge is 2.06. The lowest BCUT2D eigenvalue weighted by atomic mass is 10.4. The third-order valence-electron chi connectivity index (χ3n) is 1.57. The molecule has 1 atom stereocenters. The van der Waals surface area contributed by atoms with Crippen LogP contribution in [0.25, 0.3) is 0 Å². The molecule has 0 aliphatic carbocycles. The van der Waals surface area contributed by atoms with Gasteiger partial charge in [0.05, 0.1) is 10.3 Å². The SMILES string of the molecule is CCOC(CN)CSc1cccs1. The van der Waals surface area contributed by atoms with Gasteiger partial charge in [0.25, 0.3) is 0 Å². The van der Waals surface area contributed by atoms with E-state index in [1.54, 1.807) is 11.3 Å². The molecule has 0 aliphatic rings. The summed E-state index contributed by atoms with van der Waals surface area (Å²) in [6, 6.07) is 4.18. The van der Waals surface area contributed by atoms with Crippen LogP contribution in [0.15, 0.2) is 21.7 Å². The van der Waals surface area contributed by atoms with Crippen molar-refractivity contribution in [3.63, 3.8) is 0 Å². The normalized spacial score (nSPS) is 13.1. The van der Waals surface area contributed by atoms with E-state index >= 15 is 0 Å². The topological polar surface area (TPSA) is 35.2 Å². The van der Waals surface area contributed by atoms with Crippen LogP contribution in [0.3, 0.4) is 0 Å². The number of hydrogen-bond acceptors (Lipinski definition) is 4. The van der Waals surface area contributed by atoms with Gasteiger partial charge >= 0.3 is 0 Å². The Morgan fingerprint density at radius 2 is 2.54 bits per heavy atom. The second-order valence-corrected chi connectivity index (χ2v) is 4.82. The van der Waals surface area contributed by atoms with Gasteiger partial charge in [-0.3, -0.25) is 0 Å². The van der Waals surface area contributed by atoms with E-state index in [-0.39, 0.29) is 6.10 Å². The molecule has 0 radical (unpaired) electrons. The van der Waals surface area contributed by atoms with Crippen LogP contribution in [0, 0.1) is 0 Å². The van der Waals surface area contributed by atoms with Crippen LogP contribution in [0.2, 0.25) is 0 Å².